The number of aliphatic hydroxyl groups is 1. The molecule has 3 aliphatic heterocycles. The summed E-state index contributed by atoms with van der Waals surface area (Å²) in [5.74, 6) is 0.0100. The van der Waals surface area contributed by atoms with Gasteiger partial charge in [0.15, 0.2) is 0 Å². The first-order valence-corrected chi connectivity index (χ1v) is 9.71. The van der Waals surface area contributed by atoms with E-state index in [-0.39, 0.29) is 46.9 Å². The topological polar surface area (TPSA) is 82.1 Å². The molecule has 6 heteroatoms. The van der Waals surface area contributed by atoms with E-state index in [0.717, 1.165) is 25.7 Å². The molecule has 0 unspecified atom stereocenters. The van der Waals surface area contributed by atoms with Crippen molar-refractivity contribution >= 4 is 11.9 Å². The van der Waals surface area contributed by atoms with Crippen molar-refractivity contribution in [3.05, 3.63) is 11.6 Å². The van der Waals surface area contributed by atoms with E-state index < -0.39 is 12.3 Å². The summed E-state index contributed by atoms with van der Waals surface area (Å²) in [6.07, 6.45) is 3.00. The fourth-order valence-electron chi connectivity index (χ4n) is 6.91. The lowest BCUT2D eigenvalue weighted by atomic mass is 9.42. The summed E-state index contributed by atoms with van der Waals surface area (Å²) < 4.78 is 17.1. The maximum absolute atomic E-state index is 12.5. The van der Waals surface area contributed by atoms with Crippen molar-refractivity contribution in [2.75, 3.05) is 0 Å². The molecule has 2 saturated carbocycles. The van der Waals surface area contributed by atoms with Crippen LogP contribution in [-0.4, -0.2) is 41.6 Å². The third-order valence-electron chi connectivity index (χ3n) is 8.31. The van der Waals surface area contributed by atoms with E-state index in [4.69, 9.17) is 14.2 Å². The Kier molecular flexibility index (Phi) is 3.29. The van der Waals surface area contributed by atoms with Crippen molar-refractivity contribution in [2.24, 2.45) is 28.6 Å². The predicted octanol–water partition coefficient (Wildman–Crippen LogP) is 1.95. The van der Waals surface area contributed by atoms with Crippen molar-refractivity contribution in [3.63, 3.8) is 0 Å². The van der Waals surface area contributed by atoms with E-state index in [0.29, 0.717) is 11.5 Å². The van der Waals surface area contributed by atoms with E-state index in [1.165, 1.54) is 6.08 Å². The first-order chi connectivity index (χ1) is 12.2. The van der Waals surface area contributed by atoms with Crippen molar-refractivity contribution in [2.45, 2.75) is 71.1 Å². The van der Waals surface area contributed by atoms with Gasteiger partial charge in [0.1, 0.15) is 6.10 Å². The molecule has 0 radical (unpaired) electrons. The maximum Gasteiger partial charge on any atom is 0.333 e. The lowest BCUT2D eigenvalue weighted by Gasteiger charge is -2.64. The van der Waals surface area contributed by atoms with Crippen molar-refractivity contribution in [1.82, 2.24) is 0 Å². The highest BCUT2D eigenvalue weighted by Gasteiger charge is 2.71. The summed E-state index contributed by atoms with van der Waals surface area (Å²) in [4.78, 5) is 24.0. The number of carbonyl (C=O) groups excluding carboxylic acids is 2. The Labute approximate surface area is 152 Å². The second-order valence-corrected chi connectivity index (χ2v) is 9.34. The van der Waals surface area contributed by atoms with E-state index in [1.54, 1.807) is 0 Å². The molecule has 0 aromatic heterocycles. The van der Waals surface area contributed by atoms with Gasteiger partial charge in [0.05, 0.1) is 18.1 Å². The summed E-state index contributed by atoms with van der Waals surface area (Å²) in [6, 6.07) is 0. The fraction of sp³-hybridized carbons (Fsp3) is 0.800. The largest absolute Gasteiger partial charge is 0.462 e. The van der Waals surface area contributed by atoms with E-state index in [1.807, 2.05) is 0 Å². The van der Waals surface area contributed by atoms with Crippen molar-refractivity contribution < 1.29 is 28.9 Å². The summed E-state index contributed by atoms with van der Waals surface area (Å²) in [5.41, 5.74) is 0.300. The molecule has 0 amide bonds. The Morgan fingerprint density at radius 1 is 1.19 bits per heavy atom. The molecule has 6 nitrogen and oxygen atoms in total. The smallest absolute Gasteiger partial charge is 0.333 e. The van der Waals surface area contributed by atoms with Gasteiger partial charge in [-0.05, 0) is 37.0 Å². The maximum atomic E-state index is 12.5. The van der Waals surface area contributed by atoms with Gasteiger partial charge >= 0.3 is 11.9 Å². The molecular formula is C20H26O6. The third kappa shape index (κ3) is 1.89. The fourth-order valence-corrected chi connectivity index (χ4v) is 6.91. The van der Waals surface area contributed by atoms with Crippen LogP contribution >= 0.6 is 0 Å². The lowest BCUT2D eigenvalue weighted by molar-refractivity contribution is -0.245. The van der Waals surface area contributed by atoms with Gasteiger partial charge in [-0.2, -0.15) is 0 Å². The van der Waals surface area contributed by atoms with Crippen molar-refractivity contribution in [3.8, 4) is 0 Å². The number of hydrogen-bond acceptors (Lipinski definition) is 6. The molecule has 5 aliphatic rings. The lowest BCUT2D eigenvalue weighted by Crippen LogP contribution is -2.65. The second-order valence-electron chi connectivity index (χ2n) is 9.34. The molecule has 142 valence electrons. The number of hydrogen-bond donors (Lipinski definition) is 1. The minimum absolute atomic E-state index is 0.00329. The van der Waals surface area contributed by atoms with Crippen LogP contribution < -0.4 is 0 Å². The Balaban J connectivity index is 1.56. The Morgan fingerprint density at radius 2 is 1.96 bits per heavy atom. The number of carbonyl (C=O) groups is 2. The van der Waals surface area contributed by atoms with Gasteiger partial charge in [0.25, 0.3) is 0 Å². The summed E-state index contributed by atoms with van der Waals surface area (Å²) >= 11 is 0. The minimum Gasteiger partial charge on any atom is -0.462 e. The Morgan fingerprint density at radius 3 is 2.65 bits per heavy atom. The average molecular weight is 362 g/mol. The number of rotatable bonds is 1. The van der Waals surface area contributed by atoms with Gasteiger partial charge in [-0.1, -0.05) is 20.8 Å². The molecule has 3 heterocycles. The van der Waals surface area contributed by atoms with Crippen LogP contribution in [0.1, 0.15) is 46.5 Å². The molecule has 2 saturated heterocycles. The highest BCUT2D eigenvalue weighted by Crippen LogP contribution is 2.68. The van der Waals surface area contributed by atoms with Crippen LogP contribution in [0.15, 0.2) is 11.6 Å². The molecule has 0 aromatic rings. The van der Waals surface area contributed by atoms with Crippen LogP contribution in [0, 0.1) is 28.6 Å². The molecule has 9 atom stereocenters. The standard InChI is InChI=1S/C20H26O6/c1-9-6-14-20(3)11(18(23)25-14)4-5-12-16(20)19(9,2)8-13(24-12)10-7-15(21)26-17(10)22/h7,9,11-14,16-17,22H,4-6,8H2,1-3H3/t9-,11+,12-,13+,14+,16-,17+,19+,20+/m1/s1. The number of ether oxygens (including phenoxy) is 3. The molecule has 0 spiro atoms. The van der Waals surface area contributed by atoms with Gasteiger partial charge in [-0.15, -0.1) is 0 Å². The Bertz CT molecular complexity index is 715. The van der Waals surface area contributed by atoms with Crippen LogP contribution in [0.2, 0.25) is 0 Å². The van der Waals surface area contributed by atoms with Crippen LogP contribution in [0.3, 0.4) is 0 Å². The molecular weight excluding hydrogens is 336 g/mol. The van der Waals surface area contributed by atoms with E-state index in [9.17, 15) is 14.7 Å². The van der Waals surface area contributed by atoms with Gasteiger partial charge in [-0.25, -0.2) is 4.79 Å². The second kappa shape index (κ2) is 5.10. The molecule has 0 aromatic carbocycles. The van der Waals surface area contributed by atoms with Crippen LogP contribution in [-0.2, 0) is 23.8 Å². The first-order valence-electron chi connectivity index (χ1n) is 9.71. The summed E-state index contributed by atoms with van der Waals surface area (Å²) in [7, 11) is 0. The van der Waals surface area contributed by atoms with E-state index >= 15 is 0 Å². The highest BCUT2D eigenvalue weighted by molar-refractivity contribution is 5.85. The molecule has 0 bridgehead atoms. The minimum atomic E-state index is -1.21. The number of aliphatic hydroxyl groups excluding tert-OH is 1. The zero-order valence-electron chi connectivity index (χ0n) is 15.4. The normalized spacial score (nSPS) is 55.1. The molecule has 4 fully saturated rings. The van der Waals surface area contributed by atoms with E-state index in [2.05, 4.69) is 20.8 Å². The van der Waals surface area contributed by atoms with Crippen LogP contribution in [0.25, 0.3) is 0 Å². The predicted molar refractivity (Wildman–Crippen MR) is 89.5 cm³/mol. The quantitative estimate of drug-likeness (QED) is 0.718. The van der Waals surface area contributed by atoms with Gasteiger partial charge in [0, 0.05) is 23.0 Å². The zero-order valence-corrected chi connectivity index (χ0v) is 15.4. The molecule has 2 aliphatic carbocycles. The van der Waals surface area contributed by atoms with Crippen LogP contribution in [0.5, 0.6) is 0 Å². The van der Waals surface area contributed by atoms with Gasteiger partial charge in [0.2, 0.25) is 6.29 Å². The first kappa shape index (κ1) is 16.8. The summed E-state index contributed by atoms with van der Waals surface area (Å²) in [6.45, 7) is 6.74. The Hall–Kier alpha value is -1.40. The average Bonchev–Trinajstić information content (AvgIpc) is 3.02. The van der Waals surface area contributed by atoms with Crippen molar-refractivity contribution in [1.29, 1.82) is 0 Å². The monoisotopic (exact) mass is 362 g/mol. The third-order valence-corrected chi connectivity index (χ3v) is 8.31. The molecule has 26 heavy (non-hydrogen) atoms. The number of esters is 2. The molecule has 1 N–H and O–H groups in total. The van der Waals surface area contributed by atoms with Gasteiger partial charge < -0.3 is 19.3 Å². The van der Waals surface area contributed by atoms with Crippen LogP contribution in [0.4, 0.5) is 0 Å². The number of cyclic esters (lactones) is 1. The van der Waals surface area contributed by atoms with Gasteiger partial charge in [-0.3, -0.25) is 4.79 Å². The SMILES string of the molecule is C[C@@H]1C[C@@H]2OC(=O)[C@@H]3CC[C@H]4O[C@H](C5=CC(=O)O[C@@H]5O)C[C@]1(C)[C@@H]4[C@]23C. The molecule has 5 rings (SSSR count). The summed E-state index contributed by atoms with van der Waals surface area (Å²) in [5, 5.41) is 10.1. The zero-order chi connectivity index (χ0) is 18.4. The highest BCUT2D eigenvalue weighted by atomic mass is 16.6.